The summed E-state index contributed by atoms with van der Waals surface area (Å²) < 4.78 is 5.50. The van der Waals surface area contributed by atoms with Crippen molar-refractivity contribution in [1.29, 1.82) is 0 Å². The summed E-state index contributed by atoms with van der Waals surface area (Å²) in [5.74, 6) is 1.79. The summed E-state index contributed by atoms with van der Waals surface area (Å²) in [5, 5.41) is 0. The molecular weight excluding hydrogens is 248 g/mol. The highest BCUT2D eigenvalue weighted by Crippen LogP contribution is 2.35. The minimum atomic E-state index is -0.00799. The van der Waals surface area contributed by atoms with Crippen LogP contribution in [0.25, 0.3) is 0 Å². The Kier molecular flexibility index (Phi) is 5.30. The molecule has 112 valence electrons. The van der Waals surface area contributed by atoms with E-state index in [2.05, 4.69) is 24.0 Å². The van der Waals surface area contributed by atoms with Gasteiger partial charge in [-0.05, 0) is 44.2 Å². The predicted octanol–water partition coefficient (Wildman–Crippen LogP) is 3.73. The van der Waals surface area contributed by atoms with E-state index in [1.165, 1.54) is 31.4 Å². The Balaban J connectivity index is 2.27. The molecule has 1 fully saturated rings. The minimum absolute atomic E-state index is 0.00799. The third-order valence-corrected chi connectivity index (χ3v) is 4.48. The van der Waals surface area contributed by atoms with Crippen LogP contribution in [0.3, 0.4) is 0 Å². The van der Waals surface area contributed by atoms with Crippen LogP contribution in [0.15, 0.2) is 18.2 Å². The van der Waals surface area contributed by atoms with Gasteiger partial charge in [0.1, 0.15) is 5.75 Å². The van der Waals surface area contributed by atoms with E-state index >= 15 is 0 Å². The molecule has 2 atom stereocenters. The Bertz CT molecular complexity index is 431. The Morgan fingerprint density at radius 2 is 2.15 bits per heavy atom. The molecule has 0 aromatic heterocycles. The molecule has 20 heavy (non-hydrogen) atoms. The van der Waals surface area contributed by atoms with Gasteiger partial charge in [-0.1, -0.05) is 19.4 Å². The second kappa shape index (κ2) is 6.98. The number of rotatable bonds is 4. The Morgan fingerprint density at radius 1 is 1.35 bits per heavy atom. The van der Waals surface area contributed by atoms with Crippen molar-refractivity contribution in [3.8, 4) is 5.75 Å². The SMILES string of the molecule is CCC1CCCN(c2cccc(OC)c2[C@H](C)N)CC1. The van der Waals surface area contributed by atoms with Crippen LogP contribution < -0.4 is 15.4 Å². The van der Waals surface area contributed by atoms with Gasteiger partial charge < -0.3 is 15.4 Å². The molecule has 3 nitrogen and oxygen atoms in total. The maximum Gasteiger partial charge on any atom is 0.125 e. The first-order chi connectivity index (χ1) is 9.67. The molecule has 0 bridgehead atoms. The maximum atomic E-state index is 6.18. The van der Waals surface area contributed by atoms with Gasteiger partial charge in [-0.3, -0.25) is 0 Å². The second-order valence-electron chi connectivity index (χ2n) is 5.87. The van der Waals surface area contributed by atoms with Gasteiger partial charge in [-0.25, -0.2) is 0 Å². The van der Waals surface area contributed by atoms with Gasteiger partial charge in [0, 0.05) is 30.4 Å². The Morgan fingerprint density at radius 3 is 2.80 bits per heavy atom. The predicted molar refractivity (Wildman–Crippen MR) is 85.4 cm³/mol. The quantitative estimate of drug-likeness (QED) is 0.910. The van der Waals surface area contributed by atoms with E-state index < -0.39 is 0 Å². The van der Waals surface area contributed by atoms with Crippen molar-refractivity contribution in [2.24, 2.45) is 11.7 Å². The third kappa shape index (κ3) is 3.26. The van der Waals surface area contributed by atoms with Crippen molar-refractivity contribution in [1.82, 2.24) is 0 Å². The lowest BCUT2D eigenvalue weighted by Gasteiger charge is -2.28. The van der Waals surface area contributed by atoms with Crippen LogP contribution >= 0.6 is 0 Å². The third-order valence-electron chi connectivity index (χ3n) is 4.48. The van der Waals surface area contributed by atoms with E-state index in [4.69, 9.17) is 10.5 Å². The fourth-order valence-electron chi connectivity index (χ4n) is 3.26. The molecule has 1 aromatic rings. The zero-order valence-electron chi connectivity index (χ0n) is 13.1. The molecule has 1 aliphatic heterocycles. The standard InChI is InChI=1S/C17H28N2O/c1-4-14-7-6-11-19(12-10-14)15-8-5-9-16(20-3)17(15)13(2)18/h5,8-9,13-14H,4,6-7,10-12,18H2,1-3H3/t13-,14?/m0/s1. The number of nitrogens with zero attached hydrogens (tertiary/aromatic N) is 1. The smallest absolute Gasteiger partial charge is 0.125 e. The first kappa shape index (κ1) is 15.2. The summed E-state index contributed by atoms with van der Waals surface area (Å²) in [5.41, 5.74) is 8.59. The molecule has 0 aliphatic carbocycles. The Hall–Kier alpha value is -1.22. The molecular formula is C17H28N2O. The number of hydrogen-bond donors (Lipinski definition) is 1. The number of nitrogens with two attached hydrogens (primary N) is 1. The van der Waals surface area contributed by atoms with E-state index in [-0.39, 0.29) is 6.04 Å². The molecule has 1 unspecified atom stereocenters. The molecule has 0 saturated carbocycles. The van der Waals surface area contributed by atoms with Crippen LogP contribution in [-0.4, -0.2) is 20.2 Å². The number of hydrogen-bond acceptors (Lipinski definition) is 3. The van der Waals surface area contributed by atoms with Gasteiger partial charge in [-0.2, -0.15) is 0 Å². The molecule has 1 aromatic carbocycles. The fourth-order valence-corrected chi connectivity index (χ4v) is 3.26. The molecule has 2 rings (SSSR count). The van der Waals surface area contributed by atoms with Gasteiger partial charge in [0.15, 0.2) is 0 Å². The fraction of sp³-hybridized carbons (Fsp3) is 0.647. The summed E-state index contributed by atoms with van der Waals surface area (Å²) in [6.45, 7) is 6.60. The van der Waals surface area contributed by atoms with Gasteiger partial charge in [0.25, 0.3) is 0 Å². The van der Waals surface area contributed by atoms with Gasteiger partial charge in [0.05, 0.1) is 7.11 Å². The molecule has 0 radical (unpaired) electrons. The number of methoxy groups -OCH3 is 1. The zero-order chi connectivity index (χ0) is 14.5. The van der Waals surface area contributed by atoms with Crippen LogP contribution in [-0.2, 0) is 0 Å². The van der Waals surface area contributed by atoms with Gasteiger partial charge >= 0.3 is 0 Å². The molecule has 0 amide bonds. The lowest BCUT2D eigenvalue weighted by molar-refractivity contribution is 0.407. The van der Waals surface area contributed by atoms with Crippen molar-refractivity contribution in [2.75, 3.05) is 25.1 Å². The largest absolute Gasteiger partial charge is 0.496 e. The first-order valence-corrected chi connectivity index (χ1v) is 7.84. The maximum absolute atomic E-state index is 6.18. The van der Waals surface area contributed by atoms with Crippen LogP contribution in [0.5, 0.6) is 5.75 Å². The summed E-state index contributed by atoms with van der Waals surface area (Å²) in [6.07, 6.45) is 5.21. The van der Waals surface area contributed by atoms with E-state index in [9.17, 15) is 0 Å². The van der Waals surface area contributed by atoms with Gasteiger partial charge in [-0.15, -0.1) is 0 Å². The zero-order valence-corrected chi connectivity index (χ0v) is 13.1. The lowest BCUT2D eigenvalue weighted by atomic mass is 9.98. The van der Waals surface area contributed by atoms with E-state index in [1.54, 1.807) is 7.11 Å². The molecule has 0 spiro atoms. The van der Waals surface area contributed by atoms with Gasteiger partial charge in [0.2, 0.25) is 0 Å². The Labute approximate surface area is 123 Å². The molecule has 1 saturated heterocycles. The number of benzene rings is 1. The monoisotopic (exact) mass is 276 g/mol. The average Bonchev–Trinajstić information content (AvgIpc) is 2.71. The van der Waals surface area contributed by atoms with Crippen molar-refractivity contribution < 1.29 is 4.74 Å². The van der Waals surface area contributed by atoms with Crippen LogP contribution in [0, 0.1) is 5.92 Å². The number of ether oxygens (including phenoxy) is 1. The lowest BCUT2D eigenvalue weighted by Crippen LogP contribution is -2.26. The highest BCUT2D eigenvalue weighted by molar-refractivity contribution is 5.60. The average molecular weight is 276 g/mol. The molecule has 3 heteroatoms. The minimum Gasteiger partial charge on any atom is -0.496 e. The summed E-state index contributed by atoms with van der Waals surface area (Å²) in [6, 6.07) is 6.26. The van der Waals surface area contributed by atoms with Crippen molar-refractivity contribution in [3.05, 3.63) is 23.8 Å². The molecule has 2 N–H and O–H groups in total. The van der Waals surface area contributed by atoms with E-state index in [1.807, 2.05) is 13.0 Å². The van der Waals surface area contributed by atoms with Crippen LogP contribution in [0.4, 0.5) is 5.69 Å². The van der Waals surface area contributed by atoms with Crippen molar-refractivity contribution in [3.63, 3.8) is 0 Å². The highest BCUT2D eigenvalue weighted by atomic mass is 16.5. The molecule has 1 aliphatic rings. The van der Waals surface area contributed by atoms with E-state index in [0.717, 1.165) is 30.3 Å². The van der Waals surface area contributed by atoms with Crippen LogP contribution in [0.1, 0.15) is 51.1 Å². The van der Waals surface area contributed by atoms with Crippen LogP contribution in [0.2, 0.25) is 0 Å². The molecule has 1 heterocycles. The number of anilines is 1. The van der Waals surface area contributed by atoms with Crippen molar-refractivity contribution >= 4 is 5.69 Å². The summed E-state index contributed by atoms with van der Waals surface area (Å²) in [7, 11) is 1.72. The van der Waals surface area contributed by atoms with Crippen molar-refractivity contribution in [2.45, 2.75) is 45.6 Å². The van der Waals surface area contributed by atoms with E-state index in [0.29, 0.717) is 0 Å². The second-order valence-corrected chi connectivity index (χ2v) is 5.87. The highest BCUT2D eigenvalue weighted by Gasteiger charge is 2.21. The summed E-state index contributed by atoms with van der Waals surface area (Å²) in [4.78, 5) is 2.50. The summed E-state index contributed by atoms with van der Waals surface area (Å²) >= 11 is 0. The normalized spacial score (nSPS) is 21.4. The topological polar surface area (TPSA) is 38.5 Å². The first-order valence-electron chi connectivity index (χ1n) is 7.84.